The van der Waals surface area contributed by atoms with E-state index in [9.17, 15) is 0 Å². The summed E-state index contributed by atoms with van der Waals surface area (Å²) in [4.78, 5) is 7.05. The van der Waals surface area contributed by atoms with E-state index in [1.54, 1.807) is 0 Å². The lowest BCUT2D eigenvalue weighted by atomic mass is 9.95. The van der Waals surface area contributed by atoms with Gasteiger partial charge in [0, 0.05) is 12.2 Å². The molecule has 1 aromatic rings. The standard InChI is InChI=1S/C16H24N4O/c17-15(18)13-11-12-5-1-2-6-14(12)19-16(13)21-10-9-20-7-3-4-8-20/h11H,1-10H2,(H3,17,18). The third kappa shape index (κ3) is 3.35. The number of aromatic nitrogens is 1. The number of ether oxygens (including phenoxy) is 1. The molecular weight excluding hydrogens is 264 g/mol. The summed E-state index contributed by atoms with van der Waals surface area (Å²) in [7, 11) is 0. The van der Waals surface area contributed by atoms with Crippen LogP contribution in [0.15, 0.2) is 6.07 Å². The number of nitrogens with zero attached hydrogens (tertiary/aromatic N) is 2. The van der Waals surface area contributed by atoms with E-state index >= 15 is 0 Å². The molecule has 2 aliphatic rings. The number of likely N-dealkylation sites (tertiary alicyclic amines) is 1. The SMILES string of the molecule is N=C(N)c1cc2c(nc1OCCN1CCCC1)CCCC2. The fourth-order valence-corrected chi connectivity index (χ4v) is 3.20. The molecule has 1 aromatic heterocycles. The quantitative estimate of drug-likeness (QED) is 0.639. The van der Waals surface area contributed by atoms with Crippen molar-refractivity contribution in [3.8, 4) is 5.88 Å². The van der Waals surface area contributed by atoms with E-state index in [2.05, 4.69) is 9.88 Å². The first-order chi connectivity index (χ1) is 10.2. The van der Waals surface area contributed by atoms with E-state index in [0.29, 0.717) is 18.1 Å². The van der Waals surface area contributed by atoms with Crippen molar-refractivity contribution in [2.45, 2.75) is 38.5 Å². The lowest BCUT2D eigenvalue weighted by Crippen LogP contribution is -2.26. The second-order valence-electron chi connectivity index (χ2n) is 5.96. The zero-order chi connectivity index (χ0) is 14.7. The maximum Gasteiger partial charge on any atom is 0.224 e. The van der Waals surface area contributed by atoms with Gasteiger partial charge in [0.25, 0.3) is 0 Å². The van der Waals surface area contributed by atoms with Gasteiger partial charge in [-0.05, 0) is 63.2 Å². The topological polar surface area (TPSA) is 75.2 Å². The van der Waals surface area contributed by atoms with Gasteiger partial charge in [0.15, 0.2) is 0 Å². The first kappa shape index (κ1) is 14.3. The molecule has 5 heteroatoms. The lowest BCUT2D eigenvalue weighted by molar-refractivity contribution is 0.231. The molecule has 114 valence electrons. The Bertz CT molecular complexity index is 523. The normalized spacial score (nSPS) is 18.5. The van der Waals surface area contributed by atoms with Gasteiger partial charge in [0.2, 0.25) is 5.88 Å². The highest BCUT2D eigenvalue weighted by Gasteiger charge is 2.18. The molecule has 0 radical (unpaired) electrons. The zero-order valence-corrected chi connectivity index (χ0v) is 12.5. The molecule has 0 amide bonds. The fraction of sp³-hybridized carbons (Fsp3) is 0.625. The minimum atomic E-state index is 0.0482. The molecule has 1 fully saturated rings. The Morgan fingerprint density at radius 2 is 2.00 bits per heavy atom. The number of hydrogen-bond acceptors (Lipinski definition) is 4. The molecule has 0 bridgehead atoms. The number of pyridine rings is 1. The molecule has 0 spiro atoms. The van der Waals surface area contributed by atoms with Crippen molar-refractivity contribution in [2.75, 3.05) is 26.2 Å². The number of rotatable bonds is 5. The van der Waals surface area contributed by atoms with Crippen molar-refractivity contribution in [2.24, 2.45) is 5.73 Å². The lowest BCUT2D eigenvalue weighted by Gasteiger charge is -2.19. The number of nitrogen functional groups attached to an aromatic ring is 1. The van der Waals surface area contributed by atoms with E-state index in [0.717, 1.165) is 25.1 Å². The molecule has 1 aliphatic heterocycles. The van der Waals surface area contributed by atoms with Crippen molar-refractivity contribution in [1.82, 2.24) is 9.88 Å². The summed E-state index contributed by atoms with van der Waals surface area (Å²) in [5, 5.41) is 7.74. The van der Waals surface area contributed by atoms with Crippen LogP contribution in [0.3, 0.4) is 0 Å². The van der Waals surface area contributed by atoms with Gasteiger partial charge in [-0.1, -0.05) is 0 Å². The van der Waals surface area contributed by atoms with Crippen LogP contribution < -0.4 is 10.5 Å². The summed E-state index contributed by atoms with van der Waals surface area (Å²) in [6, 6.07) is 2.01. The maximum atomic E-state index is 7.74. The van der Waals surface area contributed by atoms with Crippen LogP contribution >= 0.6 is 0 Å². The van der Waals surface area contributed by atoms with Crippen LogP contribution in [0.4, 0.5) is 0 Å². The highest BCUT2D eigenvalue weighted by molar-refractivity contribution is 5.97. The van der Waals surface area contributed by atoms with E-state index < -0.39 is 0 Å². The van der Waals surface area contributed by atoms with Gasteiger partial charge in [-0.15, -0.1) is 0 Å². The molecule has 2 heterocycles. The number of nitrogens with two attached hydrogens (primary N) is 1. The number of amidine groups is 1. The Hall–Kier alpha value is -1.62. The zero-order valence-electron chi connectivity index (χ0n) is 12.5. The Kier molecular flexibility index (Phi) is 4.39. The predicted octanol–water partition coefficient (Wildman–Crippen LogP) is 1.72. The average Bonchev–Trinajstić information content (AvgIpc) is 2.99. The number of nitrogens with one attached hydrogen (secondary N) is 1. The second-order valence-corrected chi connectivity index (χ2v) is 5.96. The van der Waals surface area contributed by atoms with E-state index in [1.807, 2.05) is 6.07 Å². The Labute approximate surface area is 126 Å². The van der Waals surface area contributed by atoms with E-state index in [4.69, 9.17) is 15.9 Å². The van der Waals surface area contributed by atoms with Gasteiger partial charge in [0.1, 0.15) is 12.4 Å². The van der Waals surface area contributed by atoms with Crippen LogP contribution in [-0.4, -0.2) is 42.0 Å². The van der Waals surface area contributed by atoms with Gasteiger partial charge in [-0.3, -0.25) is 10.3 Å². The highest BCUT2D eigenvalue weighted by Crippen LogP contribution is 2.25. The van der Waals surface area contributed by atoms with Crippen LogP contribution in [0.1, 0.15) is 42.5 Å². The molecular formula is C16H24N4O. The largest absolute Gasteiger partial charge is 0.476 e. The van der Waals surface area contributed by atoms with Gasteiger partial charge in [-0.2, -0.15) is 0 Å². The Balaban J connectivity index is 1.71. The van der Waals surface area contributed by atoms with Crippen molar-refractivity contribution >= 4 is 5.84 Å². The minimum Gasteiger partial charge on any atom is -0.476 e. The molecule has 0 aromatic carbocycles. The maximum absolute atomic E-state index is 7.74. The number of hydrogen-bond donors (Lipinski definition) is 2. The molecule has 3 N–H and O–H groups in total. The van der Waals surface area contributed by atoms with Crippen molar-refractivity contribution in [3.05, 3.63) is 22.9 Å². The third-order valence-corrected chi connectivity index (χ3v) is 4.40. The number of fused-ring (bicyclic) bond motifs is 1. The first-order valence-electron chi connectivity index (χ1n) is 7.96. The Morgan fingerprint density at radius 1 is 1.24 bits per heavy atom. The van der Waals surface area contributed by atoms with Crippen molar-refractivity contribution in [3.63, 3.8) is 0 Å². The smallest absolute Gasteiger partial charge is 0.224 e. The summed E-state index contributed by atoms with van der Waals surface area (Å²) in [6.07, 6.45) is 7.01. The van der Waals surface area contributed by atoms with Crippen LogP contribution in [0.2, 0.25) is 0 Å². The van der Waals surface area contributed by atoms with Gasteiger partial charge < -0.3 is 10.5 Å². The second kappa shape index (κ2) is 6.43. The molecule has 3 rings (SSSR count). The monoisotopic (exact) mass is 288 g/mol. The number of aryl methyl sites for hydroxylation is 2. The van der Waals surface area contributed by atoms with E-state index in [1.165, 1.54) is 44.3 Å². The third-order valence-electron chi connectivity index (χ3n) is 4.40. The van der Waals surface area contributed by atoms with Crippen molar-refractivity contribution < 1.29 is 4.74 Å². The first-order valence-corrected chi connectivity index (χ1v) is 7.96. The van der Waals surface area contributed by atoms with Crippen LogP contribution in [0.5, 0.6) is 5.88 Å². The summed E-state index contributed by atoms with van der Waals surface area (Å²) >= 11 is 0. The van der Waals surface area contributed by atoms with Crippen LogP contribution in [-0.2, 0) is 12.8 Å². The van der Waals surface area contributed by atoms with E-state index in [-0.39, 0.29) is 5.84 Å². The Morgan fingerprint density at radius 3 is 2.76 bits per heavy atom. The fourth-order valence-electron chi connectivity index (χ4n) is 3.20. The summed E-state index contributed by atoms with van der Waals surface area (Å²) in [5.74, 6) is 0.592. The van der Waals surface area contributed by atoms with Crippen LogP contribution in [0.25, 0.3) is 0 Å². The molecule has 1 saturated heterocycles. The summed E-state index contributed by atoms with van der Waals surface area (Å²) < 4.78 is 5.85. The molecule has 0 unspecified atom stereocenters. The summed E-state index contributed by atoms with van der Waals surface area (Å²) in [6.45, 7) is 3.88. The van der Waals surface area contributed by atoms with Gasteiger partial charge >= 0.3 is 0 Å². The molecule has 5 nitrogen and oxygen atoms in total. The van der Waals surface area contributed by atoms with Gasteiger partial charge in [-0.25, -0.2) is 4.98 Å². The highest BCUT2D eigenvalue weighted by atomic mass is 16.5. The molecule has 1 aliphatic carbocycles. The van der Waals surface area contributed by atoms with Crippen molar-refractivity contribution in [1.29, 1.82) is 5.41 Å². The average molecular weight is 288 g/mol. The molecule has 21 heavy (non-hydrogen) atoms. The van der Waals surface area contributed by atoms with Crippen LogP contribution in [0, 0.1) is 5.41 Å². The molecule has 0 atom stereocenters. The van der Waals surface area contributed by atoms with Gasteiger partial charge in [0.05, 0.1) is 5.56 Å². The predicted molar refractivity (Wildman–Crippen MR) is 83.1 cm³/mol. The minimum absolute atomic E-state index is 0.0482. The summed E-state index contributed by atoms with van der Waals surface area (Å²) in [5.41, 5.74) is 8.71. The molecule has 0 saturated carbocycles.